The Morgan fingerprint density at radius 3 is 3.05 bits per heavy atom. The van der Waals surface area contributed by atoms with E-state index in [4.69, 9.17) is 5.73 Å². The summed E-state index contributed by atoms with van der Waals surface area (Å²) in [6, 6.07) is 5.08. The molecule has 0 amide bonds. The third-order valence-corrected chi connectivity index (χ3v) is 4.13. The van der Waals surface area contributed by atoms with Crippen LogP contribution >= 0.6 is 0 Å². The molecule has 3 rings (SSSR count). The molecule has 1 atom stereocenters. The maximum absolute atomic E-state index is 13.6. The Balaban J connectivity index is 1.88. The van der Waals surface area contributed by atoms with E-state index >= 15 is 0 Å². The van der Waals surface area contributed by atoms with Gasteiger partial charge in [0, 0.05) is 37.2 Å². The van der Waals surface area contributed by atoms with E-state index < -0.39 is 0 Å². The minimum Gasteiger partial charge on any atom is -0.362 e. The average Bonchev–Trinajstić information content (AvgIpc) is 2.94. The Morgan fingerprint density at radius 1 is 1.38 bits per heavy atom. The number of halogens is 1. The lowest BCUT2D eigenvalue weighted by Gasteiger charge is -2.31. The number of aromatic nitrogens is 2. The highest BCUT2D eigenvalue weighted by Gasteiger charge is 2.20. The fourth-order valence-electron chi connectivity index (χ4n) is 2.83. The second-order valence-corrected chi connectivity index (χ2v) is 5.60. The molecule has 0 spiro atoms. The molecule has 112 valence electrons. The van der Waals surface area contributed by atoms with Gasteiger partial charge in [0.05, 0.1) is 6.54 Å². The van der Waals surface area contributed by atoms with Gasteiger partial charge in [-0.2, -0.15) is 0 Å². The van der Waals surface area contributed by atoms with Crippen LogP contribution in [0, 0.1) is 5.82 Å². The zero-order valence-corrected chi connectivity index (χ0v) is 12.3. The first kappa shape index (κ1) is 14.1. The minimum absolute atomic E-state index is 0.0670. The van der Waals surface area contributed by atoms with Gasteiger partial charge in [-0.15, -0.1) is 0 Å². The highest BCUT2D eigenvalue weighted by atomic mass is 19.1. The van der Waals surface area contributed by atoms with Crippen LogP contribution < -0.4 is 10.6 Å². The van der Waals surface area contributed by atoms with E-state index in [-0.39, 0.29) is 11.9 Å². The van der Waals surface area contributed by atoms with E-state index in [1.165, 1.54) is 6.07 Å². The Morgan fingerprint density at radius 2 is 2.24 bits per heavy atom. The van der Waals surface area contributed by atoms with Crippen molar-refractivity contribution >= 4 is 5.69 Å². The molecule has 4 nitrogen and oxygen atoms in total. The summed E-state index contributed by atoms with van der Waals surface area (Å²) in [7, 11) is 0. The summed E-state index contributed by atoms with van der Waals surface area (Å²) in [5, 5.41) is 0. The Bertz CT molecular complexity index is 622. The molecule has 5 heteroatoms. The standard InChI is InChI=1S/C16H21FN4/c1-2-14(18)10-12-9-13(17)3-4-15(12)21-8-7-20-6-5-19-16(20)11-21/h3-6,9,14H,2,7-8,10-11,18H2,1H3. The number of nitrogens with two attached hydrogens (primary N) is 1. The molecule has 1 aliphatic rings. The zero-order valence-electron chi connectivity index (χ0n) is 12.3. The number of rotatable bonds is 4. The maximum Gasteiger partial charge on any atom is 0.128 e. The fourth-order valence-corrected chi connectivity index (χ4v) is 2.83. The summed E-state index contributed by atoms with van der Waals surface area (Å²) in [5.74, 6) is 0.854. The lowest BCUT2D eigenvalue weighted by molar-refractivity contribution is 0.555. The van der Waals surface area contributed by atoms with Crippen molar-refractivity contribution in [1.82, 2.24) is 9.55 Å². The Kier molecular flexibility index (Phi) is 3.92. The molecule has 0 aliphatic carbocycles. The van der Waals surface area contributed by atoms with Crippen LogP contribution in [0.2, 0.25) is 0 Å². The van der Waals surface area contributed by atoms with E-state index in [9.17, 15) is 4.39 Å². The quantitative estimate of drug-likeness (QED) is 0.939. The van der Waals surface area contributed by atoms with Crippen LogP contribution in [-0.2, 0) is 19.5 Å². The number of hydrogen-bond acceptors (Lipinski definition) is 3. The predicted octanol–water partition coefficient (Wildman–Crippen LogP) is 2.32. The van der Waals surface area contributed by atoms with Gasteiger partial charge in [0.1, 0.15) is 11.6 Å². The van der Waals surface area contributed by atoms with Crippen LogP contribution in [0.3, 0.4) is 0 Å². The van der Waals surface area contributed by atoms with Crippen molar-refractivity contribution in [3.8, 4) is 0 Å². The van der Waals surface area contributed by atoms with Crippen molar-refractivity contribution in [2.45, 2.75) is 38.9 Å². The SMILES string of the molecule is CCC(N)Cc1cc(F)ccc1N1CCn2ccnc2C1. The van der Waals surface area contributed by atoms with Gasteiger partial charge in [-0.05, 0) is 36.6 Å². The molecular weight excluding hydrogens is 267 g/mol. The van der Waals surface area contributed by atoms with Gasteiger partial charge in [-0.3, -0.25) is 0 Å². The topological polar surface area (TPSA) is 47.1 Å². The average molecular weight is 288 g/mol. The number of anilines is 1. The summed E-state index contributed by atoms with van der Waals surface area (Å²) in [6.45, 7) is 4.63. The van der Waals surface area contributed by atoms with Crippen LogP contribution in [0.4, 0.5) is 10.1 Å². The fraction of sp³-hybridized carbons (Fsp3) is 0.438. The number of nitrogens with zero attached hydrogens (tertiary/aromatic N) is 3. The molecule has 0 saturated heterocycles. The first-order valence-corrected chi connectivity index (χ1v) is 7.46. The maximum atomic E-state index is 13.6. The molecule has 1 aliphatic heterocycles. The number of benzene rings is 1. The molecule has 2 N–H and O–H groups in total. The molecule has 0 fully saturated rings. The van der Waals surface area contributed by atoms with Crippen molar-refractivity contribution in [2.75, 3.05) is 11.4 Å². The molecule has 1 aromatic heterocycles. The van der Waals surface area contributed by atoms with E-state index in [0.717, 1.165) is 43.1 Å². The molecule has 1 aromatic carbocycles. The molecule has 0 radical (unpaired) electrons. The summed E-state index contributed by atoms with van der Waals surface area (Å²) >= 11 is 0. The smallest absolute Gasteiger partial charge is 0.128 e. The van der Waals surface area contributed by atoms with E-state index in [2.05, 4.69) is 21.4 Å². The highest BCUT2D eigenvalue weighted by Crippen LogP contribution is 2.26. The second kappa shape index (κ2) is 5.85. The van der Waals surface area contributed by atoms with Gasteiger partial charge < -0.3 is 15.2 Å². The second-order valence-electron chi connectivity index (χ2n) is 5.60. The normalized spacial score (nSPS) is 15.9. The molecule has 2 heterocycles. The first-order valence-electron chi connectivity index (χ1n) is 7.46. The molecular formula is C16H21FN4. The van der Waals surface area contributed by atoms with E-state index in [1.54, 1.807) is 6.07 Å². The van der Waals surface area contributed by atoms with Gasteiger partial charge in [0.2, 0.25) is 0 Å². The summed E-state index contributed by atoms with van der Waals surface area (Å²) in [5.41, 5.74) is 8.12. The third-order valence-electron chi connectivity index (χ3n) is 4.13. The lowest BCUT2D eigenvalue weighted by Crippen LogP contribution is -2.34. The van der Waals surface area contributed by atoms with Gasteiger partial charge in [0.25, 0.3) is 0 Å². The molecule has 1 unspecified atom stereocenters. The Hall–Kier alpha value is -1.88. The first-order chi connectivity index (χ1) is 10.2. The van der Waals surface area contributed by atoms with Crippen LogP contribution in [-0.4, -0.2) is 22.1 Å². The van der Waals surface area contributed by atoms with Gasteiger partial charge in [-0.1, -0.05) is 6.92 Å². The zero-order chi connectivity index (χ0) is 14.8. The molecule has 2 aromatic rings. The summed E-state index contributed by atoms with van der Waals surface area (Å²) < 4.78 is 15.7. The molecule has 0 bridgehead atoms. The number of hydrogen-bond donors (Lipinski definition) is 1. The van der Waals surface area contributed by atoms with E-state index in [1.807, 2.05) is 18.5 Å². The van der Waals surface area contributed by atoms with E-state index in [0.29, 0.717) is 6.42 Å². The molecule has 0 saturated carbocycles. The van der Waals surface area contributed by atoms with Crippen LogP contribution in [0.5, 0.6) is 0 Å². The predicted molar refractivity (Wildman–Crippen MR) is 81.6 cm³/mol. The Labute approximate surface area is 124 Å². The summed E-state index contributed by atoms with van der Waals surface area (Å²) in [4.78, 5) is 6.64. The summed E-state index contributed by atoms with van der Waals surface area (Å²) in [6.07, 6.45) is 5.43. The van der Waals surface area contributed by atoms with Crippen molar-refractivity contribution in [3.63, 3.8) is 0 Å². The van der Waals surface area contributed by atoms with Crippen molar-refractivity contribution in [3.05, 3.63) is 47.8 Å². The minimum atomic E-state index is -0.199. The third kappa shape index (κ3) is 2.93. The highest BCUT2D eigenvalue weighted by molar-refractivity contribution is 5.54. The largest absolute Gasteiger partial charge is 0.362 e. The van der Waals surface area contributed by atoms with Crippen molar-refractivity contribution in [2.24, 2.45) is 5.73 Å². The number of imidazole rings is 1. The van der Waals surface area contributed by atoms with Crippen LogP contribution in [0.15, 0.2) is 30.6 Å². The monoisotopic (exact) mass is 288 g/mol. The molecule has 21 heavy (non-hydrogen) atoms. The van der Waals surface area contributed by atoms with Gasteiger partial charge >= 0.3 is 0 Å². The van der Waals surface area contributed by atoms with Crippen molar-refractivity contribution in [1.29, 1.82) is 0 Å². The van der Waals surface area contributed by atoms with Gasteiger partial charge in [0.15, 0.2) is 0 Å². The van der Waals surface area contributed by atoms with Crippen molar-refractivity contribution < 1.29 is 4.39 Å². The lowest BCUT2D eigenvalue weighted by atomic mass is 10.0. The van der Waals surface area contributed by atoms with Gasteiger partial charge in [-0.25, -0.2) is 9.37 Å². The number of fused-ring (bicyclic) bond motifs is 1. The van der Waals surface area contributed by atoms with Crippen LogP contribution in [0.1, 0.15) is 24.7 Å². The van der Waals surface area contributed by atoms with Crippen LogP contribution in [0.25, 0.3) is 0 Å².